The largest absolute Gasteiger partial charge is 0.350 e. The van der Waals surface area contributed by atoms with E-state index in [4.69, 9.17) is 23.2 Å². The van der Waals surface area contributed by atoms with E-state index >= 15 is 0 Å². The summed E-state index contributed by atoms with van der Waals surface area (Å²) in [4.78, 5) is 28.2. The van der Waals surface area contributed by atoms with Gasteiger partial charge in [-0.2, -0.15) is 0 Å². The van der Waals surface area contributed by atoms with Gasteiger partial charge < -0.3 is 10.2 Å². The number of sulfonamides is 1. The molecule has 0 radical (unpaired) electrons. The van der Waals surface area contributed by atoms with E-state index in [0.717, 1.165) is 5.39 Å². The van der Waals surface area contributed by atoms with Crippen molar-refractivity contribution in [3.8, 4) is 0 Å². The maximum absolute atomic E-state index is 13.5. The molecule has 4 rings (SSSR count). The summed E-state index contributed by atoms with van der Waals surface area (Å²) in [5, 5.41) is 5.26. The average molecular weight is 577 g/mol. The molecule has 0 saturated carbocycles. The molecule has 0 aromatic heterocycles. The highest BCUT2D eigenvalue weighted by Gasteiger charge is 2.35. The van der Waals surface area contributed by atoms with Crippen LogP contribution in [-0.2, 0) is 26.2 Å². The Morgan fingerprint density at radius 1 is 1.00 bits per heavy atom. The lowest BCUT2D eigenvalue weighted by Gasteiger charge is -2.32. The molecule has 38 heavy (non-hydrogen) atoms. The molecule has 3 aromatic rings. The molecule has 3 aromatic carbocycles. The van der Waals surface area contributed by atoms with Gasteiger partial charge in [-0.25, -0.2) is 8.42 Å². The molecule has 1 atom stereocenters. The molecule has 1 N–H and O–H groups in total. The van der Waals surface area contributed by atoms with Crippen LogP contribution in [0.15, 0.2) is 59.5 Å². The second kappa shape index (κ2) is 10.8. The molecule has 7 nitrogen and oxygen atoms in total. The van der Waals surface area contributed by atoms with Crippen LogP contribution in [0.2, 0.25) is 10.0 Å². The van der Waals surface area contributed by atoms with Gasteiger partial charge in [0.2, 0.25) is 11.8 Å². The van der Waals surface area contributed by atoms with Crippen LogP contribution in [0.25, 0.3) is 10.8 Å². The molecule has 0 aliphatic carbocycles. The highest BCUT2D eigenvalue weighted by molar-refractivity contribution is 7.93. The summed E-state index contributed by atoms with van der Waals surface area (Å²) in [7, 11) is -3.72. The van der Waals surface area contributed by atoms with E-state index in [1.165, 1.54) is 9.21 Å². The Hall–Kier alpha value is -2.81. The zero-order chi connectivity index (χ0) is 27.8. The molecule has 0 unspecified atom stereocenters. The predicted octanol–water partition coefficient (Wildman–Crippen LogP) is 5.77. The van der Waals surface area contributed by atoms with Crippen LogP contribution in [0.5, 0.6) is 0 Å². The van der Waals surface area contributed by atoms with E-state index in [0.29, 0.717) is 26.7 Å². The van der Waals surface area contributed by atoms with Crippen molar-refractivity contribution in [2.45, 2.75) is 63.6 Å². The van der Waals surface area contributed by atoms with Crippen LogP contribution >= 0.6 is 23.2 Å². The van der Waals surface area contributed by atoms with Gasteiger partial charge in [0.05, 0.1) is 10.6 Å². The maximum Gasteiger partial charge on any atom is 0.265 e. The smallest absolute Gasteiger partial charge is 0.265 e. The van der Waals surface area contributed by atoms with Crippen LogP contribution in [-0.4, -0.2) is 43.3 Å². The van der Waals surface area contributed by atoms with Gasteiger partial charge in [0.15, 0.2) is 0 Å². The van der Waals surface area contributed by atoms with Crippen molar-refractivity contribution in [1.82, 2.24) is 10.2 Å². The number of nitrogens with zero attached hydrogens (tertiary/aromatic N) is 2. The van der Waals surface area contributed by atoms with E-state index in [9.17, 15) is 18.0 Å². The molecule has 1 heterocycles. The summed E-state index contributed by atoms with van der Waals surface area (Å²) in [5.41, 5.74) is 0.675. The number of hydrogen-bond acceptors (Lipinski definition) is 4. The minimum atomic E-state index is -3.72. The zero-order valence-electron chi connectivity index (χ0n) is 21.8. The monoisotopic (exact) mass is 575 g/mol. The third kappa shape index (κ3) is 5.63. The lowest BCUT2D eigenvalue weighted by molar-refractivity contribution is -0.141. The molecule has 0 spiro atoms. The van der Waals surface area contributed by atoms with Gasteiger partial charge in [-0.1, -0.05) is 53.5 Å². The predicted molar refractivity (Wildman–Crippen MR) is 152 cm³/mol. The summed E-state index contributed by atoms with van der Waals surface area (Å²) in [6.45, 7) is 7.43. The first-order valence-electron chi connectivity index (χ1n) is 12.4. The normalized spacial score (nSPS) is 14.9. The Bertz CT molecular complexity index is 1480. The summed E-state index contributed by atoms with van der Waals surface area (Å²) in [6, 6.07) is 15.0. The lowest BCUT2D eigenvalue weighted by atomic mass is 10.1. The second-order valence-electron chi connectivity index (χ2n) is 10.4. The van der Waals surface area contributed by atoms with E-state index in [-0.39, 0.29) is 42.6 Å². The van der Waals surface area contributed by atoms with Gasteiger partial charge in [0.1, 0.15) is 6.04 Å². The molecular formula is C28H31Cl2N3O4S. The van der Waals surface area contributed by atoms with Crippen molar-refractivity contribution in [3.05, 3.63) is 70.2 Å². The van der Waals surface area contributed by atoms with Crippen molar-refractivity contribution in [2.24, 2.45) is 0 Å². The van der Waals surface area contributed by atoms with Gasteiger partial charge in [0, 0.05) is 46.0 Å². The highest BCUT2D eigenvalue weighted by Crippen LogP contribution is 2.42. The number of benzene rings is 3. The number of hydrogen-bond donors (Lipinski definition) is 1. The Kier molecular flexibility index (Phi) is 7.98. The Balaban J connectivity index is 1.54. The van der Waals surface area contributed by atoms with Crippen molar-refractivity contribution in [1.29, 1.82) is 0 Å². The molecule has 1 aliphatic heterocycles. The van der Waals surface area contributed by atoms with Crippen LogP contribution in [0.3, 0.4) is 0 Å². The highest BCUT2D eigenvalue weighted by atomic mass is 35.5. The minimum absolute atomic E-state index is 0.0353. The van der Waals surface area contributed by atoms with Crippen molar-refractivity contribution < 1.29 is 18.0 Å². The third-order valence-corrected chi connectivity index (χ3v) is 9.05. The van der Waals surface area contributed by atoms with Crippen LogP contribution in [0, 0.1) is 0 Å². The van der Waals surface area contributed by atoms with Gasteiger partial charge in [0.25, 0.3) is 10.0 Å². The summed E-state index contributed by atoms with van der Waals surface area (Å²) in [6.07, 6.45) is 0.302. The topological polar surface area (TPSA) is 86.8 Å². The molecular weight excluding hydrogens is 545 g/mol. The standard InChI is InChI=1S/C28H31Cl2N3O4S/c1-18(27(35)31-28(2,3)4)32(17-20-21(29)11-7-12-22(20)30)25(34)15-8-16-33-23-13-5-9-19-10-6-14-24(26(19)23)38(33,36)37/h5-7,9-14,18H,8,15-17H2,1-4H3,(H,31,35)/t18-/m0/s1. The summed E-state index contributed by atoms with van der Waals surface area (Å²) >= 11 is 12.8. The number of carbonyl (C=O) groups excluding carboxylic acids is 2. The molecule has 1 aliphatic rings. The first-order valence-corrected chi connectivity index (χ1v) is 14.6. The van der Waals surface area contributed by atoms with Crippen LogP contribution < -0.4 is 9.62 Å². The summed E-state index contributed by atoms with van der Waals surface area (Å²) in [5.74, 6) is -0.608. The Morgan fingerprint density at radius 2 is 1.61 bits per heavy atom. The van der Waals surface area contributed by atoms with Gasteiger partial charge in [-0.15, -0.1) is 0 Å². The zero-order valence-corrected chi connectivity index (χ0v) is 24.1. The van der Waals surface area contributed by atoms with Crippen LogP contribution in [0.4, 0.5) is 5.69 Å². The fourth-order valence-electron chi connectivity index (χ4n) is 4.63. The van der Waals surface area contributed by atoms with Gasteiger partial charge in [-0.05, 0) is 63.8 Å². The molecule has 10 heteroatoms. The van der Waals surface area contributed by atoms with E-state index in [1.54, 1.807) is 43.3 Å². The number of anilines is 1. The van der Waals surface area contributed by atoms with Gasteiger partial charge in [-0.3, -0.25) is 13.9 Å². The summed E-state index contributed by atoms with van der Waals surface area (Å²) < 4.78 is 27.9. The fourth-order valence-corrected chi connectivity index (χ4v) is 6.89. The first kappa shape index (κ1) is 28.2. The second-order valence-corrected chi connectivity index (χ2v) is 13.1. The Morgan fingerprint density at radius 3 is 2.24 bits per heavy atom. The van der Waals surface area contributed by atoms with Crippen molar-refractivity contribution in [3.63, 3.8) is 0 Å². The fraction of sp³-hybridized carbons (Fsp3) is 0.357. The number of rotatable bonds is 8. The van der Waals surface area contributed by atoms with Crippen LogP contribution in [0.1, 0.15) is 46.1 Å². The van der Waals surface area contributed by atoms with E-state index in [2.05, 4.69) is 5.32 Å². The Labute approximate surface area is 233 Å². The molecule has 0 saturated heterocycles. The quantitative estimate of drug-likeness (QED) is 0.369. The molecule has 2 amide bonds. The SMILES string of the molecule is C[C@@H](C(=O)NC(C)(C)C)N(Cc1c(Cl)cccc1Cl)C(=O)CCCN1c2cccc3cccc(c23)S1(=O)=O. The molecule has 202 valence electrons. The number of halogens is 2. The molecule has 0 fully saturated rings. The molecule has 0 bridgehead atoms. The third-order valence-electron chi connectivity index (χ3n) is 6.49. The van der Waals surface area contributed by atoms with Crippen molar-refractivity contribution in [2.75, 3.05) is 10.8 Å². The van der Waals surface area contributed by atoms with Crippen molar-refractivity contribution >= 4 is 61.5 Å². The average Bonchev–Trinajstić information content (AvgIpc) is 3.05. The van der Waals surface area contributed by atoms with Gasteiger partial charge >= 0.3 is 0 Å². The number of nitrogens with one attached hydrogen (secondary N) is 1. The minimum Gasteiger partial charge on any atom is -0.350 e. The number of amides is 2. The first-order chi connectivity index (χ1) is 17.8. The maximum atomic E-state index is 13.5. The van der Waals surface area contributed by atoms with E-state index in [1.807, 2.05) is 39.0 Å². The number of carbonyl (C=O) groups is 2. The lowest BCUT2D eigenvalue weighted by Crippen LogP contribution is -2.52. The van der Waals surface area contributed by atoms with E-state index < -0.39 is 21.6 Å².